The van der Waals surface area contributed by atoms with Crippen LogP contribution in [0.5, 0.6) is 0 Å². The van der Waals surface area contributed by atoms with Crippen LogP contribution in [0.3, 0.4) is 0 Å². The maximum absolute atomic E-state index is 4.30. The minimum atomic E-state index is 0.787. The number of aryl methyl sites for hydroxylation is 2. The number of nitrogens with one attached hydrogen (secondary N) is 1. The Morgan fingerprint density at radius 2 is 2.19 bits per heavy atom. The van der Waals surface area contributed by atoms with E-state index in [0.29, 0.717) is 0 Å². The molecule has 0 bridgehead atoms. The molecule has 0 spiro atoms. The van der Waals surface area contributed by atoms with E-state index in [0.717, 1.165) is 25.3 Å². The van der Waals surface area contributed by atoms with Gasteiger partial charge in [0.1, 0.15) is 0 Å². The van der Waals surface area contributed by atoms with Crippen LogP contribution in [-0.2, 0) is 26.7 Å². The second-order valence-corrected chi connectivity index (χ2v) is 3.72. The van der Waals surface area contributed by atoms with Crippen LogP contribution in [0.2, 0.25) is 0 Å². The molecule has 0 saturated heterocycles. The Morgan fingerprint density at radius 1 is 1.31 bits per heavy atom. The van der Waals surface area contributed by atoms with E-state index in [2.05, 4.69) is 22.4 Å². The molecule has 0 aromatic carbocycles. The molecule has 0 radical (unpaired) electrons. The molecule has 86 valence electrons. The zero-order valence-corrected chi connectivity index (χ0v) is 9.72. The highest BCUT2D eigenvalue weighted by molar-refractivity contribution is 5.02. The van der Waals surface area contributed by atoms with Gasteiger partial charge in [0.25, 0.3) is 0 Å². The zero-order chi connectivity index (χ0) is 11.4. The van der Waals surface area contributed by atoms with Crippen LogP contribution in [0.4, 0.5) is 0 Å². The van der Waals surface area contributed by atoms with E-state index in [1.807, 2.05) is 40.9 Å². The molecule has 0 atom stereocenters. The maximum Gasteiger partial charge on any atom is 0.0762 e. The summed E-state index contributed by atoms with van der Waals surface area (Å²) >= 11 is 0. The molecule has 2 heterocycles. The normalized spacial score (nSPS) is 10.9. The summed E-state index contributed by atoms with van der Waals surface area (Å²) in [6, 6.07) is 4.05. The molecule has 2 rings (SSSR count). The van der Waals surface area contributed by atoms with Crippen LogP contribution >= 0.6 is 0 Å². The summed E-state index contributed by atoms with van der Waals surface area (Å²) in [7, 11) is 1.93. The van der Waals surface area contributed by atoms with Crippen molar-refractivity contribution >= 4 is 0 Å². The molecular weight excluding hydrogens is 202 g/mol. The van der Waals surface area contributed by atoms with Crippen LogP contribution in [-0.4, -0.2) is 19.6 Å². The highest BCUT2D eigenvalue weighted by atomic mass is 15.3. The summed E-state index contributed by atoms with van der Waals surface area (Å²) in [5.41, 5.74) is 2.27. The van der Waals surface area contributed by atoms with Gasteiger partial charge in [0.2, 0.25) is 0 Å². The predicted octanol–water partition coefficient (Wildman–Crippen LogP) is 0.926. The van der Waals surface area contributed by atoms with Crippen LogP contribution in [0, 0.1) is 0 Å². The second kappa shape index (κ2) is 4.94. The fourth-order valence-corrected chi connectivity index (χ4v) is 1.67. The van der Waals surface area contributed by atoms with Crippen molar-refractivity contribution in [1.29, 1.82) is 0 Å². The van der Waals surface area contributed by atoms with Gasteiger partial charge in [-0.05, 0) is 19.1 Å². The fraction of sp³-hybridized carbons (Fsp3) is 0.455. The van der Waals surface area contributed by atoms with E-state index in [-0.39, 0.29) is 0 Å². The Bertz CT molecular complexity index is 443. The summed E-state index contributed by atoms with van der Waals surface area (Å²) in [5, 5.41) is 11.9. The summed E-state index contributed by atoms with van der Waals surface area (Å²) in [4.78, 5) is 0. The fourth-order valence-electron chi connectivity index (χ4n) is 1.67. The van der Waals surface area contributed by atoms with Gasteiger partial charge in [-0.1, -0.05) is 0 Å². The first kappa shape index (κ1) is 10.9. The molecule has 1 N–H and O–H groups in total. The summed E-state index contributed by atoms with van der Waals surface area (Å²) in [6.45, 7) is 4.61. The SMILES string of the molecule is CCn1nccc1CNCc1ccn(C)n1. The van der Waals surface area contributed by atoms with Gasteiger partial charge in [-0.25, -0.2) is 0 Å². The topological polar surface area (TPSA) is 47.7 Å². The molecule has 0 aliphatic carbocycles. The Hall–Kier alpha value is -1.62. The van der Waals surface area contributed by atoms with Gasteiger partial charge >= 0.3 is 0 Å². The van der Waals surface area contributed by atoms with E-state index < -0.39 is 0 Å². The highest BCUT2D eigenvalue weighted by Crippen LogP contribution is 1.99. The number of rotatable bonds is 5. The van der Waals surface area contributed by atoms with Gasteiger partial charge in [-0.2, -0.15) is 10.2 Å². The van der Waals surface area contributed by atoms with Crippen molar-refractivity contribution in [1.82, 2.24) is 24.9 Å². The quantitative estimate of drug-likeness (QED) is 0.813. The van der Waals surface area contributed by atoms with E-state index in [1.165, 1.54) is 5.69 Å². The number of hydrogen-bond acceptors (Lipinski definition) is 3. The van der Waals surface area contributed by atoms with Gasteiger partial charge in [-0.3, -0.25) is 9.36 Å². The molecule has 0 aliphatic heterocycles. The van der Waals surface area contributed by atoms with Crippen molar-refractivity contribution in [3.8, 4) is 0 Å². The van der Waals surface area contributed by atoms with Crippen LogP contribution in [0.1, 0.15) is 18.3 Å². The lowest BCUT2D eigenvalue weighted by Crippen LogP contribution is -2.16. The van der Waals surface area contributed by atoms with E-state index >= 15 is 0 Å². The van der Waals surface area contributed by atoms with Gasteiger partial charge in [0.05, 0.1) is 11.4 Å². The van der Waals surface area contributed by atoms with E-state index in [1.54, 1.807) is 0 Å². The lowest BCUT2D eigenvalue weighted by Gasteiger charge is -2.05. The Labute approximate surface area is 95.1 Å². The highest BCUT2D eigenvalue weighted by Gasteiger charge is 2.00. The van der Waals surface area contributed by atoms with Gasteiger partial charge in [0.15, 0.2) is 0 Å². The molecule has 16 heavy (non-hydrogen) atoms. The average Bonchev–Trinajstić information content (AvgIpc) is 2.87. The molecule has 0 saturated carbocycles. The number of nitrogens with zero attached hydrogens (tertiary/aromatic N) is 4. The van der Waals surface area contributed by atoms with Gasteiger partial charge in [0, 0.05) is 39.1 Å². The van der Waals surface area contributed by atoms with Crippen LogP contribution in [0.15, 0.2) is 24.5 Å². The first-order valence-electron chi connectivity index (χ1n) is 5.49. The largest absolute Gasteiger partial charge is 0.305 e. The molecule has 5 heteroatoms. The number of hydrogen-bond donors (Lipinski definition) is 1. The summed E-state index contributed by atoms with van der Waals surface area (Å²) in [5.74, 6) is 0. The Kier molecular flexibility index (Phi) is 3.36. The average molecular weight is 219 g/mol. The minimum absolute atomic E-state index is 0.787. The Balaban J connectivity index is 1.84. The van der Waals surface area contributed by atoms with Gasteiger partial charge < -0.3 is 5.32 Å². The predicted molar refractivity (Wildman–Crippen MR) is 61.7 cm³/mol. The molecule has 0 amide bonds. The molecule has 2 aromatic rings. The smallest absolute Gasteiger partial charge is 0.0762 e. The lowest BCUT2D eigenvalue weighted by molar-refractivity contribution is 0.575. The van der Waals surface area contributed by atoms with E-state index in [9.17, 15) is 0 Å². The van der Waals surface area contributed by atoms with Crippen molar-refractivity contribution < 1.29 is 0 Å². The third kappa shape index (κ3) is 2.49. The second-order valence-electron chi connectivity index (χ2n) is 3.72. The zero-order valence-electron chi connectivity index (χ0n) is 9.72. The maximum atomic E-state index is 4.30. The first-order chi connectivity index (χ1) is 7.79. The monoisotopic (exact) mass is 219 g/mol. The molecule has 0 fully saturated rings. The van der Waals surface area contributed by atoms with Crippen molar-refractivity contribution in [3.63, 3.8) is 0 Å². The number of aromatic nitrogens is 4. The van der Waals surface area contributed by atoms with Crippen molar-refractivity contribution in [2.75, 3.05) is 0 Å². The van der Waals surface area contributed by atoms with Crippen molar-refractivity contribution in [2.45, 2.75) is 26.6 Å². The molecule has 2 aromatic heterocycles. The third-order valence-corrected chi connectivity index (χ3v) is 2.49. The van der Waals surface area contributed by atoms with Crippen molar-refractivity contribution in [3.05, 3.63) is 35.9 Å². The molecule has 0 aliphatic rings. The molecule has 0 unspecified atom stereocenters. The summed E-state index contributed by atoms with van der Waals surface area (Å²) < 4.78 is 3.80. The van der Waals surface area contributed by atoms with Gasteiger partial charge in [-0.15, -0.1) is 0 Å². The third-order valence-electron chi connectivity index (χ3n) is 2.49. The van der Waals surface area contributed by atoms with E-state index in [4.69, 9.17) is 0 Å². The van der Waals surface area contributed by atoms with Crippen molar-refractivity contribution in [2.24, 2.45) is 7.05 Å². The van der Waals surface area contributed by atoms with Crippen LogP contribution < -0.4 is 5.32 Å². The van der Waals surface area contributed by atoms with Crippen LogP contribution in [0.25, 0.3) is 0 Å². The molecular formula is C11H17N5. The first-order valence-corrected chi connectivity index (χ1v) is 5.49. The minimum Gasteiger partial charge on any atom is -0.305 e. The standard InChI is InChI=1S/C11H17N5/c1-3-16-11(4-6-13-16)9-12-8-10-5-7-15(2)14-10/h4-7,12H,3,8-9H2,1-2H3. The Morgan fingerprint density at radius 3 is 2.88 bits per heavy atom. The lowest BCUT2D eigenvalue weighted by atomic mass is 10.4. The molecule has 5 nitrogen and oxygen atoms in total. The summed E-state index contributed by atoms with van der Waals surface area (Å²) in [6.07, 6.45) is 3.79.